The maximum atomic E-state index is 12.2. The highest BCUT2D eigenvalue weighted by Gasteiger charge is 2.31. The molecule has 0 aromatic heterocycles. The van der Waals surface area contributed by atoms with Gasteiger partial charge in [-0.1, -0.05) is 35.9 Å². The summed E-state index contributed by atoms with van der Waals surface area (Å²) in [6.45, 7) is 0. The summed E-state index contributed by atoms with van der Waals surface area (Å²) in [6.07, 6.45) is -4.78. The average Bonchev–Trinajstić information content (AvgIpc) is 2.36. The molecule has 3 nitrogen and oxygen atoms in total. The number of hydrogen-bond donors (Lipinski definition) is 1. The van der Waals surface area contributed by atoms with E-state index in [2.05, 4.69) is 4.74 Å². The van der Waals surface area contributed by atoms with Crippen molar-refractivity contribution < 1.29 is 22.7 Å². The van der Waals surface area contributed by atoms with E-state index in [1.54, 1.807) is 18.2 Å². The van der Waals surface area contributed by atoms with Crippen molar-refractivity contribution in [3.05, 3.63) is 53.1 Å². The summed E-state index contributed by atoms with van der Waals surface area (Å²) in [7, 11) is 0. The van der Waals surface area contributed by atoms with Crippen molar-refractivity contribution in [2.24, 2.45) is 5.73 Å². The molecule has 0 atom stereocenters. The Labute approximate surface area is 123 Å². The molecule has 0 saturated carbocycles. The van der Waals surface area contributed by atoms with Crippen LogP contribution in [0.5, 0.6) is 5.75 Å². The maximum Gasteiger partial charge on any atom is 0.573 e. The molecule has 0 bridgehead atoms. The molecule has 2 aromatic carbocycles. The summed E-state index contributed by atoms with van der Waals surface area (Å²) in [6, 6.07) is 9.84. The molecule has 1 amide bonds. The van der Waals surface area contributed by atoms with Crippen LogP contribution in [0.1, 0.15) is 10.4 Å². The van der Waals surface area contributed by atoms with Crippen molar-refractivity contribution in [3.63, 3.8) is 0 Å². The topological polar surface area (TPSA) is 52.3 Å². The van der Waals surface area contributed by atoms with E-state index in [-0.39, 0.29) is 16.3 Å². The van der Waals surface area contributed by atoms with Crippen LogP contribution >= 0.6 is 11.6 Å². The van der Waals surface area contributed by atoms with Crippen LogP contribution in [0, 0.1) is 0 Å². The molecule has 7 heteroatoms. The third-order valence-electron chi connectivity index (χ3n) is 2.64. The van der Waals surface area contributed by atoms with Crippen molar-refractivity contribution in [1.29, 1.82) is 0 Å². The van der Waals surface area contributed by atoms with Crippen molar-refractivity contribution in [2.75, 3.05) is 0 Å². The monoisotopic (exact) mass is 315 g/mol. The third-order valence-corrected chi connectivity index (χ3v) is 3.05. The van der Waals surface area contributed by atoms with Gasteiger partial charge >= 0.3 is 6.36 Å². The Morgan fingerprint density at radius 2 is 1.81 bits per heavy atom. The molecular weight excluding hydrogens is 307 g/mol. The van der Waals surface area contributed by atoms with Gasteiger partial charge in [-0.2, -0.15) is 0 Å². The Hall–Kier alpha value is -2.21. The lowest BCUT2D eigenvalue weighted by molar-refractivity contribution is -0.274. The minimum atomic E-state index is -4.78. The molecule has 2 aromatic rings. The molecular formula is C14H9ClF3NO2. The van der Waals surface area contributed by atoms with Gasteiger partial charge in [-0.05, 0) is 23.8 Å². The van der Waals surface area contributed by atoms with E-state index in [9.17, 15) is 18.0 Å². The third kappa shape index (κ3) is 3.66. The smallest absolute Gasteiger partial charge is 0.406 e. The number of benzene rings is 2. The second kappa shape index (κ2) is 5.65. The van der Waals surface area contributed by atoms with Crippen molar-refractivity contribution in [3.8, 4) is 16.9 Å². The fourth-order valence-corrected chi connectivity index (χ4v) is 2.13. The Balaban J connectivity index is 2.46. The highest BCUT2D eigenvalue weighted by molar-refractivity contribution is 6.36. The number of primary amides is 1. The second-order valence-corrected chi connectivity index (χ2v) is 4.48. The summed E-state index contributed by atoms with van der Waals surface area (Å²) >= 11 is 6.06. The minimum absolute atomic E-state index is 0.0779. The molecule has 110 valence electrons. The van der Waals surface area contributed by atoms with E-state index in [1.807, 2.05) is 0 Å². The zero-order valence-corrected chi connectivity index (χ0v) is 11.2. The number of ether oxygens (including phenoxy) is 1. The first kappa shape index (κ1) is 15.2. The number of carbonyl (C=O) groups is 1. The summed E-state index contributed by atoms with van der Waals surface area (Å²) in [5.41, 5.74) is 6.04. The molecule has 0 aliphatic heterocycles. The predicted molar refractivity (Wildman–Crippen MR) is 72.1 cm³/mol. The van der Waals surface area contributed by atoms with Crippen LogP contribution < -0.4 is 10.5 Å². The first-order chi connectivity index (χ1) is 9.78. The molecule has 0 heterocycles. The van der Waals surface area contributed by atoms with Crippen LogP contribution in [-0.2, 0) is 0 Å². The fourth-order valence-electron chi connectivity index (χ4n) is 1.81. The lowest BCUT2D eigenvalue weighted by atomic mass is 10.0. The fraction of sp³-hybridized carbons (Fsp3) is 0.0714. The van der Waals surface area contributed by atoms with Crippen molar-refractivity contribution in [1.82, 2.24) is 0 Å². The van der Waals surface area contributed by atoms with Gasteiger partial charge in [0.2, 0.25) is 5.91 Å². The number of hydrogen-bond acceptors (Lipinski definition) is 2. The molecule has 2 rings (SSSR count). The van der Waals surface area contributed by atoms with Crippen LogP contribution in [0.15, 0.2) is 42.5 Å². The average molecular weight is 316 g/mol. The molecule has 0 radical (unpaired) electrons. The molecule has 0 unspecified atom stereocenters. The molecule has 0 aliphatic rings. The van der Waals surface area contributed by atoms with Gasteiger partial charge in [0.15, 0.2) is 0 Å². The zero-order chi connectivity index (χ0) is 15.6. The standard InChI is InChI=1S/C14H9ClF3NO2/c15-12-10(5-2-6-11(12)13(19)20)8-3-1-4-9(7-8)21-14(16,17)18/h1-7H,(H2,19,20). The Morgan fingerprint density at radius 1 is 1.14 bits per heavy atom. The molecule has 21 heavy (non-hydrogen) atoms. The van der Waals surface area contributed by atoms with Gasteiger partial charge in [0.05, 0.1) is 10.6 Å². The van der Waals surface area contributed by atoms with E-state index >= 15 is 0 Å². The van der Waals surface area contributed by atoms with Crippen LogP contribution in [-0.4, -0.2) is 12.3 Å². The molecule has 0 saturated heterocycles. The first-order valence-electron chi connectivity index (χ1n) is 5.72. The van der Waals surface area contributed by atoms with Gasteiger partial charge in [-0.15, -0.1) is 13.2 Å². The summed E-state index contributed by atoms with van der Waals surface area (Å²) in [4.78, 5) is 11.2. The second-order valence-electron chi connectivity index (χ2n) is 4.11. The number of halogens is 4. The normalized spacial score (nSPS) is 11.2. The molecule has 0 spiro atoms. The minimum Gasteiger partial charge on any atom is -0.406 e. The van der Waals surface area contributed by atoms with E-state index < -0.39 is 12.3 Å². The van der Waals surface area contributed by atoms with E-state index in [4.69, 9.17) is 17.3 Å². The van der Waals surface area contributed by atoms with Gasteiger partial charge in [0, 0.05) is 5.56 Å². The summed E-state index contributed by atoms with van der Waals surface area (Å²) in [5.74, 6) is -1.09. The Morgan fingerprint density at radius 3 is 2.43 bits per heavy atom. The quantitative estimate of drug-likeness (QED) is 0.930. The molecule has 0 fully saturated rings. The maximum absolute atomic E-state index is 12.2. The highest BCUT2D eigenvalue weighted by atomic mass is 35.5. The van der Waals surface area contributed by atoms with Gasteiger partial charge in [-0.3, -0.25) is 4.79 Å². The van der Waals surface area contributed by atoms with Crippen LogP contribution in [0.25, 0.3) is 11.1 Å². The molecule has 2 N–H and O–H groups in total. The lowest BCUT2D eigenvalue weighted by Gasteiger charge is -2.11. The lowest BCUT2D eigenvalue weighted by Crippen LogP contribution is -2.17. The number of alkyl halides is 3. The van der Waals surface area contributed by atoms with Crippen LogP contribution in [0.4, 0.5) is 13.2 Å². The van der Waals surface area contributed by atoms with E-state index in [0.29, 0.717) is 11.1 Å². The molecule has 0 aliphatic carbocycles. The van der Waals surface area contributed by atoms with Crippen LogP contribution in [0.2, 0.25) is 5.02 Å². The summed E-state index contributed by atoms with van der Waals surface area (Å²) < 4.78 is 40.5. The van der Waals surface area contributed by atoms with E-state index in [1.165, 1.54) is 24.3 Å². The number of nitrogens with two attached hydrogens (primary N) is 1. The van der Waals surface area contributed by atoms with Gasteiger partial charge in [0.1, 0.15) is 5.75 Å². The van der Waals surface area contributed by atoms with Gasteiger partial charge < -0.3 is 10.5 Å². The zero-order valence-electron chi connectivity index (χ0n) is 10.4. The number of carbonyl (C=O) groups excluding carboxylic acids is 1. The summed E-state index contributed by atoms with van der Waals surface area (Å²) in [5, 5.41) is 0.0779. The SMILES string of the molecule is NC(=O)c1cccc(-c2cccc(OC(F)(F)F)c2)c1Cl. The number of rotatable bonds is 3. The highest BCUT2D eigenvalue weighted by Crippen LogP contribution is 2.33. The van der Waals surface area contributed by atoms with Crippen LogP contribution in [0.3, 0.4) is 0 Å². The largest absolute Gasteiger partial charge is 0.573 e. The van der Waals surface area contributed by atoms with E-state index in [0.717, 1.165) is 0 Å². The Kier molecular flexibility index (Phi) is 4.09. The van der Waals surface area contributed by atoms with Crippen molar-refractivity contribution in [2.45, 2.75) is 6.36 Å². The number of amides is 1. The van der Waals surface area contributed by atoms with Crippen molar-refractivity contribution >= 4 is 17.5 Å². The van der Waals surface area contributed by atoms with Gasteiger partial charge in [0.25, 0.3) is 0 Å². The Bertz CT molecular complexity index is 686. The van der Waals surface area contributed by atoms with Gasteiger partial charge in [-0.25, -0.2) is 0 Å². The first-order valence-corrected chi connectivity index (χ1v) is 6.10. The predicted octanol–water partition coefficient (Wildman–Crippen LogP) is 4.00.